The van der Waals surface area contributed by atoms with E-state index in [1.54, 1.807) is 26.1 Å². The SMILES string of the molecule is CCN(CC)S(=O)(=O)c1cccc(C(=O)NNC(=O)c2cccn(Cc3ccccc3)c2=O)c1. The molecule has 0 spiro atoms. The minimum absolute atomic E-state index is 0.0259. The Bertz CT molecular complexity index is 1330. The summed E-state index contributed by atoms with van der Waals surface area (Å²) in [5.74, 6) is -1.50. The Balaban J connectivity index is 1.72. The molecule has 9 nitrogen and oxygen atoms in total. The summed E-state index contributed by atoms with van der Waals surface area (Å²) in [7, 11) is -3.75. The number of nitrogens with one attached hydrogen (secondary N) is 2. The summed E-state index contributed by atoms with van der Waals surface area (Å²) in [6.45, 7) is 4.34. The topological polar surface area (TPSA) is 118 Å². The zero-order chi connectivity index (χ0) is 24.7. The van der Waals surface area contributed by atoms with Crippen LogP contribution in [0.1, 0.15) is 40.1 Å². The second kappa shape index (κ2) is 10.9. The lowest BCUT2D eigenvalue weighted by atomic mass is 10.2. The average molecular weight is 483 g/mol. The number of rotatable bonds is 8. The van der Waals surface area contributed by atoms with E-state index in [4.69, 9.17) is 0 Å². The molecule has 2 N–H and O–H groups in total. The van der Waals surface area contributed by atoms with Crippen molar-refractivity contribution in [3.05, 3.63) is 100.0 Å². The fourth-order valence-corrected chi connectivity index (χ4v) is 4.88. The van der Waals surface area contributed by atoms with E-state index < -0.39 is 27.4 Å². The minimum atomic E-state index is -3.75. The molecule has 0 saturated carbocycles. The molecule has 0 bridgehead atoms. The summed E-state index contributed by atoms with van der Waals surface area (Å²) < 4.78 is 28.1. The number of hydrogen-bond acceptors (Lipinski definition) is 5. The van der Waals surface area contributed by atoms with E-state index in [0.717, 1.165) is 5.56 Å². The van der Waals surface area contributed by atoms with Gasteiger partial charge in [-0.1, -0.05) is 50.2 Å². The van der Waals surface area contributed by atoms with Crippen molar-refractivity contribution in [2.45, 2.75) is 25.3 Å². The van der Waals surface area contributed by atoms with Crippen molar-refractivity contribution in [3.8, 4) is 0 Å². The number of sulfonamides is 1. The van der Waals surface area contributed by atoms with Crippen LogP contribution in [0, 0.1) is 0 Å². The number of hydrogen-bond donors (Lipinski definition) is 2. The number of amides is 2. The summed E-state index contributed by atoms with van der Waals surface area (Å²) in [4.78, 5) is 37.8. The quantitative estimate of drug-likeness (QED) is 0.476. The molecule has 3 aromatic rings. The smallest absolute Gasteiger partial charge is 0.275 e. The van der Waals surface area contributed by atoms with Gasteiger partial charge >= 0.3 is 0 Å². The Morgan fingerprint density at radius 3 is 2.24 bits per heavy atom. The van der Waals surface area contributed by atoms with Crippen LogP contribution in [0.3, 0.4) is 0 Å². The molecular formula is C24H26N4O5S. The zero-order valence-corrected chi connectivity index (χ0v) is 19.7. The first-order valence-corrected chi connectivity index (χ1v) is 12.2. The van der Waals surface area contributed by atoms with E-state index in [1.807, 2.05) is 30.3 Å². The third kappa shape index (κ3) is 5.59. The zero-order valence-electron chi connectivity index (χ0n) is 18.9. The molecule has 0 saturated heterocycles. The molecule has 0 radical (unpaired) electrons. The molecule has 34 heavy (non-hydrogen) atoms. The van der Waals surface area contributed by atoms with Gasteiger partial charge in [-0.05, 0) is 35.9 Å². The summed E-state index contributed by atoms with van der Waals surface area (Å²) in [6, 6.07) is 17.8. The minimum Gasteiger partial charge on any atom is -0.310 e. The third-order valence-corrected chi connectivity index (χ3v) is 7.24. The molecule has 178 valence electrons. The first kappa shape index (κ1) is 24.9. The second-order valence-corrected chi connectivity index (χ2v) is 9.30. The van der Waals surface area contributed by atoms with Gasteiger partial charge in [-0.3, -0.25) is 25.2 Å². The van der Waals surface area contributed by atoms with Crippen molar-refractivity contribution in [2.24, 2.45) is 0 Å². The normalized spacial score (nSPS) is 11.3. The van der Waals surface area contributed by atoms with Crippen LogP contribution in [0.4, 0.5) is 0 Å². The lowest BCUT2D eigenvalue weighted by molar-refractivity contribution is 0.0845. The van der Waals surface area contributed by atoms with Crippen LogP contribution >= 0.6 is 0 Å². The summed E-state index contributed by atoms with van der Waals surface area (Å²) >= 11 is 0. The molecule has 2 amide bonds. The van der Waals surface area contributed by atoms with Crippen LogP contribution in [0.15, 0.2) is 82.6 Å². The number of hydrazine groups is 1. The van der Waals surface area contributed by atoms with E-state index >= 15 is 0 Å². The maximum absolute atomic E-state index is 12.7. The van der Waals surface area contributed by atoms with Crippen LogP contribution in [0.2, 0.25) is 0 Å². The Labute approximate surface area is 198 Å². The average Bonchev–Trinajstić information content (AvgIpc) is 2.85. The first-order valence-electron chi connectivity index (χ1n) is 10.7. The molecule has 0 aliphatic rings. The van der Waals surface area contributed by atoms with E-state index in [1.165, 1.54) is 39.2 Å². The lowest BCUT2D eigenvalue weighted by Gasteiger charge is -2.18. The highest BCUT2D eigenvalue weighted by Crippen LogP contribution is 2.17. The van der Waals surface area contributed by atoms with Gasteiger partial charge < -0.3 is 4.57 Å². The Morgan fingerprint density at radius 2 is 1.56 bits per heavy atom. The van der Waals surface area contributed by atoms with Gasteiger partial charge in [0.1, 0.15) is 5.56 Å². The van der Waals surface area contributed by atoms with E-state index in [0.29, 0.717) is 19.6 Å². The molecule has 0 aliphatic carbocycles. The molecule has 3 rings (SSSR count). The van der Waals surface area contributed by atoms with Gasteiger partial charge in [0.2, 0.25) is 10.0 Å². The third-order valence-electron chi connectivity index (χ3n) is 5.19. The van der Waals surface area contributed by atoms with Crippen molar-refractivity contribution in [2.75, 3.05) is 13.1 Å². The van der Waals surface area contributed by atoms with Crippen LogP contribution < -0.4 is 16.4 Å². The predicted molar refractivity (Wildman–Crippen MR) is 128 cm³/mol. The van der Waals surface area contributed by atoms with E-state index in [9.17, 15) is 22.8 Å². The molecule has 10 heteroatoms. The monoisotopic (exact) mass is 482 g/mol. The second-order valence-electron chi connectivity index (χ2n) is 7.37. The molecule has 1 aromatic heterocycles. The highest BCUT2D eigenvalue weighted by molar-refractivity contribution is 7.89. The number of aromatic nitrogens is 1. The Hall–Kier alpha value is -3.76. The van der Waals surface area contributed by atoms with E-state index in [-0.39, 0.29) is 16.0 Å². The number of carbonyl (C=O) groups is 2. The highest BCUT2D eigenvalue weighted by atomic mass is 32.2. The fraction of sp³-hybridized carbons (Fsp3) is 0.208. The van der Waals surface area contributed by atoms with Gasteiger partial charge in [0.05, 0.1) is 11.4 Å². The standard InChI is InChI=1S/C24H26N4O5S/c1-3-28(4-2)34(32,33)20-13-8-12-19(16-20)22(29)25-26-23(30)21-14-9-15-27(24(21)31)17-18-10-6-5-7-11-18/h5-16H,3-4,17H2,1-2H3,(H,25,29)(H,26,30). The van der Waals surface area contributed by atoms with Gasteiger partial charge in [0, 0.05) is 24.8 Å². The molecule has 0 unspecified atom stereocenters. The summed E-state index contributed by atoms with van der Waals surface area (Å²) in [5.41, 5.74) is 4.75. The molecule has 0 fully saturated rings. The van der Waals surface area contributed by atoms with Crippen molar-refractivity contribution >= 4 is 21.8 Å². The van der Waals surface area contributed by atoms with Gasteiger partial charge in [0.25, 0.3) is 17.4 Å². The first-order chi connectivity index (χ1) is 16.3. The van der Waals surface area contributed by atoms with Gasteiger partial charge in [-0.25, -0.2) is 8.42 Å². The van der Waals surface area contributed by atoms with E-state index in [2.05, 4.69) is 10.9 Å². The molecule has 0 atom stereocenters. The highest BCUT2D eigenvalue weighted by Gasteiger charge is 2.22. The maximum atomic E-state index is 12.7. The number of pyridine rings is 1. The number of nitrogens with zero attached hydrogens (tertiary/aromatic N) is 2. The van der Waals surface area contributed by atoms with Crippen molar-refractivity contribution in [1.29, 1.82) is 0 Å². The van der Waals surface area contributed by atoms with Crippen LogP contribution in [-0.4, -0.2) is 42.2 Å². The Morgan fingerprint density at radius 1 is 0.882 bits per heavy atom. The van der Waals surface area contributed by atoms with Crippen molar-refractivity contribution in [3.63, 3.8) is 0 Å². The van der Waals surface area contributed by atoms with Crippen LogP contribution in [-0.2, 0) is 16.6 Å². The molecular weight excluding hydrogens is 456 g/mol. The predicted octanol–water partition coefficient (Wildman–Crippen LogP) is 2.00. The fourth-order valence-electron chi connectivity index (χ4n) is 3.38. The van der Waals surface area contributed by atoms with Crippen molar-refractivity contribution < 1.29 is 18.0 Å². The molecule has 0 aliphatic heterocycles. The van der Waals surface area contributed by atoms with Crippen LogP contribution in [0.5, 0.6) is 0 Å². The van der Waals surface area contributed by atoms with Crippen molar-refractivity contribution in [1.82, 2.24) is 19.7 Å². The molecule has 2 aromatic carbocycles. The van der Waals surface area contributed by atoms with Gasteiger partial charge in [-0.2, -0.15) is 4.31 Å². The maximum Gasteiger partial charge on any atom is 0.275 e. The van der Waals surface area contributed by atoms with Gasteiger partial charge in [-0.15, -0.1) is 0 Å². The number of carbonyl (C=O) groups excluding carboxylic acids is 2. The largest absolute Gasteiger partial charge is 0.310 e. The van der Waals surface area contributed by atoms with Gasteiger partial charge in [0.15, 0.2) is 0 Å². The summed E-state index contributed by atoms with van der Waals surface area (Å²) in [6.07, 6.45) is 1.58. The number of benzene rings is 2. The molecule has 1 heterocycles. The van der Waals surface area contributed by atoms with Crippen LogP contribution in [0.25, 0.3) is 0 Å². The Kier molecular flexibility index (Phi) is 7.98. The lowest BCUT2D eigenvalue weighted by Crippen LogP contribution is -2.44. The summed E-state index contributed by atoms with van der Waals surface area (Å²) in [5, 5.41) is 0.